The Morgan fingerprint density at radius 1 is 0.913 bits per heavy atom. The van der Waals surface area contributed by atoms with Crippen LogP contribution in [0.5, 0.6) is 0 Å². The first-order chi connectivity index (χ1) is 11.2. The molecule has 1 aliphatic rings. The maximum absolute atomic E-state index is 12.5. The number of nitrogens with one attached hydrogen (secondary N) is 1. The lowest BCUT2D eigenvalue weighted by atomic mass is 10.1. The first kappa shape index (κ1) is 13.8. The van der Waals surface area contributed by atoms with Crippen molar-refractivity contribution in [2.24, 2.45) is 5.92 Å². The van der Waals surface area contributed by atoms with Gasteiger partial charge in [-0.1, -0.05) is 54.6 Å². The molecule has 1 amide bonds. The monoisotopic (exact) mass is 302 g/mol. The van der Waals surface area contributed by atoms with Gasteiger partial charge in [-0.05, 0) is 30.0 Å². The first-order valence-corrected chi connectivity index (χ1v) is 7.87. The minimum atomic E-state index is 0.0636. The van der Waals surface area contributed by atoms with Gasteiger partial charge in [0.05, 0.1) is 0 Å². The van der Waals surface area contributed by atoms with Gasteiger partial charge in [0.15, 0.2) is 0 Å². The van der Waals surface area contributed by atoms with Crippen LogP contribution in [0.2, 0.25) is 0 Å². The zero-order chi connectivity index (χ0) is 15.8. The molecule has 0 bridgehead atoms. The number of rotatable bonds is 3. The highest BCUT2D eigenvalue weighted by molar-refractivity contribution is 6.06. The van der Waals surface area contributed by atoms with E-state index in [1.54, 1.807) is 0 Å². The Bertz CT molecular complexity index is 873. The van der Waals surface area contributed by atoms with Crippen molar-refractivity contribution in [1.82, 2.24) is 0 Å². The fraction of sp³-hybridized carbons (Fsp3) is 0.150. The van der Waals surface area contributed by atoms with Crippen molar-refractivity contribution in [2.45, 2.75) is 12.3 Å². The molecule has 0 aromatic heterocycles. The summed E-state index contributed by atoms with van der Waals surface area (Å²) < 4.78 is 0. The highest BCUT2D eigenvalue weighted by atomic mass is 16.2. The summed E-state index contributed by atoms with van der Waals surface area (Å²) in [6.07, 6.45) is 0.919. The highest BCUT2D eigenvalue weighted by Gasteiger charge is 2.43. The standard InChI is InChI=1S/C20H18N2O/c21-18-10-4-9-15-14(18)8-5-11-19(15)22-20(23)17-12-16(17)13-6-2-1-3-7-13/h1-11,16-17H,12,21H2,(H,22,23)/t16-,17+/m0/s1. The number of carbonyl (C=O) groups is 1. The van der Waals surface area contributed by atoms with Crippen LogP contribution in [0.1, 0.15) is 17.9 Å². The van der Waals surface area contributed by atoms with Crippen LogP contribution in [0.4, 0.5) is 11.4 Å². The third kappa shape index (κ3) is 2.55. The second kappa shape index (κ2) is 5.43. The molecule has 1 saturated carbocycles. The van der Waals surface area contributed by atoms with Gasteiger partial charge in [-0.25, -0.2) is 0 Å². The number of benzene rings is 3. The second-order valence-electron chi connectivity index (χ2n) is 6.10. The predicted octanol–water partition coefficient (Wildman–Crippen LogP) is 4.16. The summed E-state index contributed by atoms with van der Waals surface area (Å²) in [6, 6.07) is 21.8. The zero-order valence-corrected chi connectivity index (χ0v) is 12.7. The molecule has 0 radical (unpaired) electrons. The Morgan fingerprint density at radius 3 is 2.48 bits per heavy atom. The van der Waals surface area contributed by atoms with Gasteiger partial charge < -0.3 is 11.1 Å². The van der Waals surface area contributed by atoms with E-state index in [2.05, 4.69) is 17.4 Å². The third-order valence-corrected chi connectivity index (χ3v) is 4.57. The maximum Gasteiger partial charge on any atom is 0.228 e. The van der Waals surface area contributed by atoms with Crippen LogP contribution in [0.3, 0.4) is 0 Å². The Kier molecular flexibility index (Phi) is 3.27. The van der Waals surface area contributed by atoms with E-state index in [-0.39, 0.29) is 11.8 Å². The van der Waals surface area contributed by atoms with E-state index in [1.165, 1.54) is 5.56 Å². The van der Waals surface area contributed by atoms with Gasteiger partial charge in [-0.3, -0.25) is 4.79 Å². The molecule has 0 unspecified atom stereocenters. The molecule has 0 saturated heterocycles. The molecule has 3 nitrogen and oxygen atoms in total. The first-order valence-electron chi connectivity index (χ1n) is 7.87. The van der Waals surface area contributed by atoms with Crippen molar-refractivity contribution in [2.75, 3.05) is 11.1 Å². The van der Waals surface area contributed by atoms with Crippen LogP contribution in [0, 0.1) is 5.92 Å². The van der Waals surface area contributed by atoms with E-state index in [4.69, 9.17) is 5.73 Å². The van der Waals surface area contributed by atoms with E-state index < -0.39 is 0 Å². The van der Waals surface area contributed by atoms with Crippen molar-refractivity contribution in [3.8, 4) is 0 Å². The number of hydrogen-bond donors (Lipinski definition) is 2. The van der Waals surface area contributed by atoms with Crippen LogP contribution >= 0.6 is 0 Å². The van der Waals surface area contributed by atoms with E-state index in [0.717, 1.165) is 28.6 Å². The number of nitrogen functional groups attached to an aromatic ring is 1. The van der Waals surface area contributed by atoms with Crippen molar-refractivity contribution in [3.63, 3.8) is 0 Å². The minimum absolute atomic E-state index is 0.0636. The number of anilines is 2. The Labute approximate surface area is 135 Å². The fourth-order valence-electron chi connectivity index (χ4n) is 3.22. The molecular weight excluding hydrogens is 284 g/mol. The topological polar surface area (TPSA) is 55.1 Å². The van der Waals surface area contributed by atoms with Gasteiger partial charge in [0.25, 0.3) is 0 Å². The third-order valence-electron chi connectivity index (χ3n) is 4.57. The molecule has 0 aliphatic heterocycles. The van der Waals surface area contributed by atoms with Gasteiger partial charge >= 0.3 is 0 Å². The molecule has 0 heterocycles. The number of amides is 1. The lowest BCUT2D eigenvalue weighted by Gasteiger charge is -2.10. The highest BCUT2D eigenvalue weighted by Crippen LogP contribution is 2.48. The molecule has 0 spiro atoms. The van der Waals surface area contributed by atoms with Crippen molar-refractivity contribution in [3.05, 3.63) is 72.3 Å². The maximum atomic E-state index is 12.5. The molecule has 4 rings (SSSR count). The molecule has 2 atom stereocenters. The summed E-state index contributed by atoms with van der Waals surface area (Å²) in [4.78, 5) is 12.5. The van der Waals surface area contributed by atoms with Crippen LogP contribution in [0.15, 0.2) is 66.7 Å². The lowest BCUT2D eigenvalue weighted by Crippen LogP contribution is -2.14. The van der Waals surface area contributed by atoms with Crippen molar-refractivity contribution < 1.29 is 4.79 Å². The second-order valence-corrected chi connectivity index (χ2v) is 6.10. The van der Waals surface area contributed by atoms with Crippen molar-refractivity contribution >= 4 is 28.1 Å². The molecule has 3 aromatic carbocycles. The summed E-state index contributed by atoms with van der Waals surface area (Å²) >= 11 is 0. The van der Waals surface area contributed by atoms with E-state index in [9.17, 15) is 4.79 Å². The average Bonchev–Trinajstić information content (AvgIpc) is 3.37. The van der Waals surface area contributed by atoms with Crippen LogP contribution in [-0.2, 0) is 4.79 Å². The Hall–Kier alpha value is -2.81. The quantitative estimate of drug-likeness (QED) is 0.714. The summed E-state index contributed by atoms with van der Waals surface area (Å²) in [5, 5.41) is 5.04. The minimum Gasteiger partial charge on any atom is -0.398 e. The summed E-state index contributed by atoms with van der Waals surface area (Å²) in [5.41, 5.74) is 8.82. The van der Waals surface area contributed by atoms with E-state index in [1.807, 2.05) is 54.6 Å². The smallest absolute Gasteiger partial charge is 0.228 e. The molecule has 3 heteroatoms. The lowest BCUT2D eigenvalue weighted by molar-refractivity contribution is -0.117. The molecule has 3 N–H and O–H groups in total. The van der Waals surface area contributed by atoms with Gasteiger partial charge in [0, 0.05) is 28.1 Å². The zero-order valence-electron chi connectivity index (χ0n) is 12.7. The van der Waals surface area contributed by atoms with E-state index in [0.29, 0.717) is 5.92 Å². The van der Waals surface area contributed by atoms with Gasteiger partial charge in [0.2, 0.25) is 5.91 Å². The number of nitrogens with two attached hydrogens (primary N) is 1. The fourth-order valence-corrected chi connectivity index (χ4v) is 3.22. The Morgan fingerprint density at radius 2 is 1.65 bits per heavy atom. The Balaban J connectivity index is 1.56. The summed E-state index contributed by atoms with van der Waals surface area (Å²) in [5.74, 6) is 0.499. The van der Waals surface area contributed by atoms with Gasteiger partial charge in [-0.15, -0.1) is 0 Å². The largest absolute Gasteiger partial charge is 0.398 e. The van der Waals surface area contributed by atoms with Crippen LogP contribution in [-0.4, -0.2) is 5.91 Å². The van der Waals surface area contributed by atoms with Crippen LogP contribution in [0.25, 0.3) is 10.8 Å². The van der Waals surface area contributed by atoms with Crippen LogP contribution < -0.4 is 11.1 Å². The average molecular weight is 302 g/mol. The van der Waals surface area contributed by atoms with E-state index >= 15 is 0 Å². The number of hydrogen-bond acceptors (Lipinski definition) is 2. The normalized spacial score (nSPS) is 19.5. The van der Waals surface area contributed by atoms with Crippen molar-refractivity contribution in [1.29, 1.82) is 0 Å². The molecule has 3 aromatic rings. The van der Waals surface area contributed by atoms with Gasteiger partial charge in [0.1, 0.15) is 0 Å². The molecular formula is C20H18N2O. The molecule has 114 valence electrons. The summed E-state index contributed by atoms with van der Waals surface area (Å²) in [6.45, 7) is 0. The molecule has 1 fully saturated rings. The SMILES string of the molecule is Nc1cccc2c(NC(=O)[C@@H]3C[C@H]3c3ccccc3)cccc12. The molecule has 1 aliphatic carbocycles. The summed E-state index contributed by atoms with van der Waals surface area (Å²) in [7, 11) is 0. The predicted molar refractivity (Wildman–Crippen MR) is 94.3 cm³/mol. The van der Waals surface area contributed by atoms with Gasteiger partial charge in [-0.2, -0.15) is 0 Å². The number of fused-ring (bicyclic) bond motifs is 1. The number of carbonyl (C=O) groups excluding carboxylic acids is 1. The molecule has 23 heavy (non-hydrogen) atoms.